The van der Waals surface area contributed by atoms with E-state index in [9.17, 15) is 19.1 Å². The van der Waals surface area contributed by atoms with Crippen LogP contribution in [0.2, 0.25) is 0 Å². The molecule has 4 aromatic rings. The minimum Gasteiger partial charge on any atom is -0.384 e. The van der Waals surface area contributed by atoms with Gasteiger partial charge in [-0.25, -0.2) is 18.7 Å². The number of nitriles is 1. The van der Waals surface area contributed by atoms with Crippen molar-refractivity contribution in [1.29, 1.82) is 5.26 Å². The van der Waals surface area contributed by atoms with E-state index in [1.54, 1.807) is 13.8 Å². The Morgan fingerprint density at radius 2 is 1.83 bits per heavy atom. The maximum Gasteiger partial charge on any atom is 0.251 e. The molecule has 0 saturated carbocycles. The predicted molar refractivity (Wildman–Crippen MR) is 102 cm³/mol. The average molecular weight is 391 g/mol. The van der Waals surface area contributed by atoms with Crippen molar-refractivity contribution in [1.82, 2.24) is 19.6 Å². The summed E-state index contributed by atoms with van der Waals surface area (Å²) in [5.74, 6) is -1.06. The van der Waals surface area contributed by atoms with Crippen molar-refractivity contribution in [3.05, 3.63) is 71.7 Å². The topological polar surface area (TPSA) is 87.1 Å². The summed E-state index contributed by atoms with van der Waals surface area (Å²) in [7, 11) is 0. The van der Waals surface area contributed by atoms with E-state index in [0.717, 1.165) is 0 Å². The van der Waals surface area contributed by atoms with Gasteiger partial charge in [0, 0.05) is 16.7 Å². The normalized spacial score (nSPS) is 11.6. The van der Waals surface area contributed by atoms with Gasteiger partial charge in [-0.3, -0.25) is 0 Å². The van der Waals surface area contributed by atoms with Crippen LogP contribution in [0, 0.1) is 23.0 Å². The van der Waals surface area contributed by atoms with Crippen LogP contribution in [0.25, 0.3) is 28.2 Å². The van der Waals surface area contributed by atoms with Crippen LogP contribution >= 0.6 is 0 Å². The van der Waals surface area contributed by atoms with Gasteiger partial charge in [-0.1, -0.05) is 6.07 Å². The molecule has 0 unspecified atom stereocenters. The van der Waals surface area contributed by atoms with Crippen LogP contribution in [0.4, 0.5) is 8.78 Å². The molecule has 0 atom stereocenters. The number of aliphatic hydroxyl groups is 1. The highest BCUT2D eigenvalue weighted by Crippen LogP contribution is 2.33. The van der Waals surface area contributed by atoms with Gasteiger partial charge in [0.25, 0.3) is 5.78 Å². The number of hydrogen-bond acceptors (Lipinski definition) is 5. The summed E-state index contributed by atoms with van der Waals surface area (Å²) in [4.78, 5) is 8.37. The van der Waals surface area contributed by atoms with E-state index in [0.29, 0.717) is 22.7 Å². The van der Waals surface area contributed by atoms with Crippen LogP contribution in [-0.4, -0.2) is 24.7 Å². The van der Waals surface area contributed by atoms with Gasteiger partial charge in [-0.05, 0) is 44.2 Å². The third kappa shape index (κ3) is 3.22. The van der Waals surface area contributed by atoms with Crippen LogP contribution < -0.4 is 0 Å². The molecule has 0 amide bonds. The Kier molecular flexibility index (Phi) is 4.32. The largest absolute Gasteiger partial charge is 0.384 e. The second-order valence-corrected chi connectivity index (χ2v) is 7.03. The lowest BCUT2D eigenvalue weighted by Crippen LogP contribution is -2.19. The van der Waals surface area contributed by atoms with E-state index >= 15 is 0 Å². The molecule has 0 spiro atoms. The van der Waals surface area contributed by atoms with Gasteiger partial charge in [0.15, 0.2) is 0 Å². The summed E-state index contributed by atoms with van der Waals surface area (Å²) >= 11 is 0. The first-order chi connectivity index (χ1) is 13.8. The van der Waals surface area contributed by atoms with Crippen molar-refractivity contribution >= 4 is 5.78 Å². The van der Waals surface area contributed by atoms with Crippen molar-refractivity contribution in [3.63, 3.8) is 0 Å². The molecule has 0 bridgehead atoms. The highest BCUT2D eigenvalue weighted by atomic mass is 19.1. The first kappa shape index (κ1) is 18.7. The lowest BCUT2D eigenvalue weighted by molar-refractivity contribution is 0.0721. The number of rotatable bonds is 3. The predicted octanol–water partition coefficient (Wildman–Crippen LogP) is 3.84. The second kappa shape index (κ2) is 6.72. The van der Waals surface area contributed by atoms with E-state index in [1.807, 2.05) is 6.07 Å². The Bertz CT molecular complexity index is 1280. The number of aromatic nitrogens is 4. The first-order valence-corrected chi connectivity index (χ1v) is 8.72. The number of fused-ring (bicyclic) bond motifs is 1. The highest BCUT2D eigenvalue weighted by molar-refractivity contribution is 5.76. The zero-order valence-electron chi connectivity index (χ0n) is 15.6. The summed E-state index contributed by atoms with van der Waals surface area (Å²) in [5, 5.41) is 23.9. The van der Waals surface area contributed by atoms with Gasteiger partial charge >= 0.3 is 0 Å². The van der Waals surface area contributed by atoms with Crippen molar-refractivity contribution in [2.75, 3.05) is 0 Å². The van der Waals surface area contributed by atoms with Crippen LogP contribution in [0.3, 0.4) is 0 Å². The fourth-order valence-electron chi connectivity index (χ4n) is 3.02. The van der Waals surface area contributed by atoms with Crippen molar-refractivity contribution < 1.29 is 13.9 Å². The minimum atomic E-state index is -1.22. The van der Waals surface area contributed by atoms with E-state index in [-0.39, 0.29) is 16.7 Å². The van der Waals surface area contributed by atoms with Crippen molar-refractivity contribution in [3.8, 4) is 28.5 Å². The van der Waals surface area contributed by atoms with Crippen LogP contribution in [0.1, 0.15) is 25.1 Å². The Morgan fingerprint density at radius 1 is 1.07 bits per heavy atom. The molecule has 2 aromatic heterocycles. The minimum absolute atomic E-state index is 0.0308. The van der Waals surface area contributed by atoms with Gasteiger partial charge in [-0.15, -0.1) is 0 Å². The van der Waals surface area contributed by atoms with E-state index in [2.05, 4.69) is 15.1 Å². The number of nitrogens with zero attached hydrogens (tertiary/aromatic N) is 5. The number of benzene rings is 2. The zero-order valence-corrected chi connectivity index (χ0v) is 15.6. The second-order valence-electron chi connectivity index (χ2n) is 7.03. The zero-order chi connectivity index (χ0) is 20.8. The maximum atomic E-state index is 14.6. The molecule has 0 aliphatic rings. The van der Waals surface area contributed by atoms with Crippen LogP contribution in [-0.2, 0) is 5.60 Å². The third-order valence-electron chi connectivity index (χ3n) is 4.52. The first-order valence-electron chi connectivity index (χ1n) is 8.72. The Balaban J connectivity index is 1.93. The molecule has 4 rings (SSSR count). The van der Waals surface area contributed by atoms with Gasteiger partial charge in [0.2, 0.25) is 0 Å². The molecule has 2 aromatic carbocycles. The Hall–Kier alpha value is -3.70. The number of imidazole rings is 1. The highest BCUT2D eigenvalue weighted by Gasteiger charge is 2.21. The Morgan fingerprint density at radius 3 is 2.55 bits per heavy atom. The fourth-order valence-corrected chi connectivity index (χ4v) is 3.02. The molecule has 6 nitrogen and oxygen atoms in total. The smallest absolute Gasteiger partial charge is 0.251 e. The summed E-state index contributed by atoms with van der Waals surface area (Å²) in [5.41, 5.74) is -0.0234. The van der Waals surface area contributed by atoms with E-state index < -0.39 is 17.2 Å². The lowest BCUT2D eigenvalue weighted by Gasteiger charge is -2.16. The molecule has 2 heterocycles. The van der Waals surface area contributed by atoms with Crippen LogP contribution in [0.15, 0.2) is 48.8 Å². The van der Waals surface area contributed by atoms with Gasteiger partial charge in [0.1, 0.15) is 22.9 Å². The quantitative estimate of drug-likeness (QED) is 0.573. The summed E-state index contributed by atoms with van der Waals surface area (Å²) in [6.45, 7) is 3.16. The molecule has 0 aliphatic heterocycles. The van der Waals surface area contributed by atoms with E-state index in [1.165, 1.54) is 53.3 Å². The molecule has 8 heteroatoms. The summed E-state index contributed by atoms with van der Waals surface area (Å²) in [6.07, 6.45) is 2.94. The molecular weight excluding hydrogens is 376 g/mol. The number of hydrogen-bond donors (Lipinski definition) is 1. The maximum absolute atomic E-state index is 14.6. The monoisotopic (exact) mass is 391 g/mol. The Labute approximate surface area is 164 Å². The molecule has 1 N–H and O–H groups in total. The van der Waals surface area contributed by atoms with Crippen molar-refractivity contribution in [2.24, 2.45) is 0 Å². The van der Waals surface area contributed by atoms with Gasteiger partial charge in [0.05, 0.1) is 29.7 Å². The molecular formula is C21H15F2N5O. The number of halogens is 2. The SMILES string of the molecule is CC(C)(O)c1cnc2ncc(-c3ccc(F)c(-c4c(F)cccc4C#N)c3)n2n1. The van der Waals surface area contributed by atoms with Gasteiger partial charge < -0.3 is 5.11 Å². The van der Waals surface area contributed by atoms with Gasteiger partial charge in [-0.2, -0.15) is 14.9 Å². The molecule has 0 radical (unpaired) electrons. The molecule has 144 valence electrons. The molecule has 0 aliphatic carbocycles. The van der Waals surface area contributed by atoms with E-state index in [4.69, 9.17) is 0 Å². The third-order valence-corrected chi connectivity index (χ3v) is 4.52. The molecule has 0 fully saturated rings. The molecule has 29 heavy (non-hydrogen) atoms. The molecule has 0 saturated heterocycles. The average Bonchev–Trinajstić information content (AvgIpc) is 3.11. The van der Waals surface area contributed by atoms with Crippen LogP contribution in [0.5, 0.6) is 0 Å². The fraction of sp³-hybridized carbons (Fsp3) is 0.143. The van der Waals surface area contributed by atoms with Crippen molar-refractivity contribution in [2.45, 2.75) is 19.4 Å². The summed E-state index contributed by atoms with van der Waals surface area (Å²) in [6, 6.07) is 10.1. The summed E-state index contributed by atoms with van der Waals surface area (Å²) < 4.78 is 30.4. The standard InChI is InChI=1S/C21H15F2N5O/c1-21(2,29)18-11-26-20-25-10-17(28(20)27-18)12-6-7-15(22)14(8-12)19-13(9-24)4-3-5-16(19)23/h3-8,10-11,29H,1-2H3. The lowest BCUT2D eigenvalue weighted by atomic mass is 9.97.